The van der Waals surface area contributed by atoms with Gasteiger partial charge in [0.15, 0.2) is 5.75 Å². The number of ether oxygens (including phenoxy) is 1. The molecule has 8 heteroatoms. The van der Waals surface area contributed by atoms with Crippen molar-refractivity contribution in [2.24, 2.45) is 0 Å². The van der Waals surface area contributed by atoms with Crippen LogP contribution in [0.15, 0.2) is 41.3 Å². The van der Waals surface area contributed by atoms with E-state index in [1.54, 1.807) is 19.1 Å². The van der Waals surface area contributed by atoms with Crippen LogP contribution in [0, 0.1) is 24.0 Å². The summed E-state index contributed by atoms with van der Waals surface area (Å²) in [5.74, 6) is 0.000432. The molecule has 0 aromatic heterocycles. The van der Waals surface area contributed by atoms with E-state index in [-0.39, 0.29) is 10.6 Å². The van der Waals surface area contributed by atoms with Crippen molar-refractivity contribution in [1.29, 1.82) is 0 Å². The highest BCUT2D eigenvalue weighted by molar-refractivity contribution is 7.92. The van der Waals surface area contributed by atoms with Gasteiger partial charge in [0.1, 0.15) is 0 Å². The van der Waals surface area contributed by atoms with E-state index in [0.29, 0.717) is 5.69 Å². The second kappa shape index (κ2) is 6.25. The van der Waals surface area contributed by atoms with Crippen molar-refractivity contribution in [2.45, 2.75) is 18.7 Å². The summed E-state index contributed by atoms with van der Waals surface area (Å²) in [7, 11) is -2.66. The number of rotatable bonds is 5. The van der Waals surface area contributed by atoms with Crippen LogP contribution in [0.3, 0.4) is 0 Å². The van der Waals surface area contributed by atoms with Gasteiger partial charge >= 0.3 is 5.69 Å². The molecule has 0 amide bonds. The van der Waals surface area contributed by atoms with Crippen LogP contribution in [0.5, 0.6) is 5.75 Å². The number of hydrogen-bond donors (Lipinski definition) is 1. The first kappa shape index (κ1) is 16.8. The van der Waals surface area contributed by atoms with E-state index in [1.807, 2.05) is 13.0 Å². The largest absolute Gasteiger partial charge is 0.490 e. The summed E-state index contributed by atoms with van der Waals surface area (Å²) in [6.07, 6.45) is 0. The fourth-order valence-electron chi connectivity index (χ4n) is 2.11. The quantitative estimate of drug-likeness (QED) is 0.668. The molecule has 0 aliphatic heterocycles. The lowest BCUT2D eigenvalue weighted by molar-refractivity contribution is -0.386. The van der Waals surface area contributed by atoms with Gasteiger partial charge in [0, 0.05) is 6.07 Å². The van der Waals surface area contributed by atoms with Gasteiger partial charge in [0.25, 0.3) is 10.0 Å². The molecule has 0 fully saturated rings. The number of nitrogens with one attached hydrogen (secondary N) is 1. The van der Waals surface area contributed by atoms with Gasteiger partial charge in [-0.1, -0.05) is 17.7 Å². The molecule has 0 spiro atoms. The van der Waals surface area contributed by atoms with Crippen LogP contribution in [0.4, 0.5) is 11.4 Å². The zero-order valence-corrected chi connectivity index (χ0v) is 13.7. The molecule has 23 heavy (non-hydrogen) atoms. The van der Waals surface area contributed by atoms with Crippen molar-refractivity contribution in [1.82, 2.24) is 0 Å². The number of methoxy groups -OCH3 is 1. The maximum absolute atomic E-state index is 12.4. The number of sulfonamides is 1. The first-order valence-corrected chi connectivity index (χ1v) is 8.15. The van der Waals surface area contributed by atoms with Crippen LogP contribution < -0.4 is 9.46 Å². The Morgan fingerprint density at radius 3 is 2.39 bits per heavy atom. The van der Waals surface area contributed by atoms with Crippen LogP contribution in [-0.4, -0.2) is 20.5 Å². The summed E-state index contributed by atoms with van der Waals surface area (Å²) < 4.78 is 32.2. The number of hydrogen-bond acceptors (Lipinski definition) is 5. The average molecular weight is 336 g/mol. The summed E-state index contributed by atoms with van der Waals surface area (Å²) >= 11 is 0. The second-order valence-electron chi connectivity index (χ2n) is 5.01. The van der Waals surface area contributed by atoms with Crippen LogP contribution in [0.2, 0.25) is 0 Å². The van der Waals surface area contributed by atoms with Gasteiger partial charge in [-0.15, -0.1) is 0 Å². The predicted octanol–water partition coefficient (Wildman–Crippen LogP) is 3.02. The first-order valence-electron chi connectivity index (χ1n) is 6.67. The van der Waals surface area contributed by atoms with Gasteiger partial charge in [-0.3, -0.25) is 14.8 Å². The van der Waals surface area contributed by atoms with Gasteiger partial charge in [-0.05, 0) is 37.6 Å². The van der Waals surface area contributed by atoms with Gasteiger partial charge in [-0.2, -0.15) is 0 Å². The van der Waals surface area contributed by atoms with Crippen LogP contribution in [0.25, 0.3) is 0 Å². The zero-order valence-electron chi connectivity index (χ0n) is 12.9. The molecule has 2 rings (SSSR count). The molecule has 2 aromatic carbocycles. The number of nitro benzene ring substituents is 1. The third-order valence-corrected chi connectivity index (χ3v) is 4.65. The van der Waals surface area contributed by atoms with E-state index in [9.17, 15) is 18.5 Å². The molecular weight excluding hydrogens is 320 g/mol. The topological polar surface area (TPSA) is 98.5 Å². The Bertz CT molecular complexity index is 862. The molecule has 2 aromatic rings. The van der Waals surface area contributed by atoms with E-state index in [4.69, 9.17) is 4.74 Å². The highest BCUT2D eigenvalue weighted by atomic mass is 32.2. The SMILES string of the molecule is COc1ccc(S(=O)(=O)Nc2ccc(C)cc2C)cc1[N+](=O)[O-]. The maximum Gasteiger partial charge on any atom is 0.312 e. The number of nitrogens with zero attached hydrogens (tertiary/aromatic N) is 1. The van der Waals surface area contributed by atoms with E-state index in [2.05, 4.69) is 4.72 Å². The summed E-state index contributed by atoms with van der Waals surface area (Å²) in [6.45, 7) is 3.68. The summed E-state index contributed by atoms with van der Waals surface area (Å²) in [5, 5.41) is 11.0. The Labute approximate surface area is 134 Å². The molecule has 7 nitrogen and oxygen atoms in total. The van der Waals surface area contributed by atoms with Gasteiger partial charge in [-0.25, -0.2) is 8.42 Å². The minimum absolute atomic E-state index is 0.000432. The molecule has 0 saturated carbocycles. The molecule has 0 heterocycles. The normalized spacial score (nSPS) is 11.1. The van der Waals surface area contributed by atoms with E-state index in [1.165, 1.54) is 19.2 Å². The van der Waals surface area contributed by atoms with Crippen molar-refractivity contribution in [3.63, 3.8) is 0 Å². The van der Waals surface area contributed by atoms with Crippen LogP contribution in [-0.2, 0) is 10.0 Å². The highest BCUT2D eigenvalue weighted by Gasteiger charge is 2.22. The lowest BCUT2D eigenvalue weighted by Crippen LogP contribution is -2.14. The molecule has 0 aliphatic rings. The van der Waals surface area contributed by atoms with Crippen molar-refractivity contribution in [2.75, 3.05) is 11.8 Å². The van der Waals surface area contributed by atoms with Gasteiger partial charge in [0.05, 0.1) is 22.6 Å². The second-order valence-corrected chi connectivity index (χ2v) is 6.70. The van der Waals surface area contributed by atoms with Gasteiger partial charge in [0.2, 0.25) is 0 Å². The third kappa shape index (κ3) is 3.59. The first-order chi connectivity index (χ1) is 10.7. The molecule has 122 valence electrons. The predicted molar refractivity (Wildman–Crippen MR) is 86.4 cm³/mol. The van der Waals surface area contributed by atoms with Crippen LogP contribution >= 0.6 is 0 Å². The lowest BCUT2D eigenvalue weighted by Gasteiger charge is -2.11. The monoisotopic (exact) mass is 336 g/mol. The molecule has 1 N–H and O–H groups in total. The van der Waals surface area contributed by atoms with Gasteiger partial charge < -0.3 is 4.74 Å². The number of aryl methyl sites for hydroxylation is 2. The van der Waals surface area contributed by atoms with Crippen LogP contribution in [0.1, 0.15) is 11.1 Å². The molecule has 0 aliphatic carbocycles. The minimum Gasteiger partial charge on any atom is -0.490 e. The Balaban J connectivity index is 2.43. The average Bonchev–Trinajstić information content (AvgIpc) is 2.49. The Morgan fingerprint density at radius 1 is 1.13 bits per heavy atom. The Morgan fingerprint density at radius 2 is 1.83 bits per heavy atom. The van der Waals surface area contributed by atoms with E-state index < -0.39 is 20.6 Å². The highest BCUT2D eigenvalue weighted by Crippen LogP contribution is 2.30. The van der Waals surface area contributed by atoms with Crippen molar-refractivity contribution < 1.29 is 18.1 Å². The number of benzene rings is 2. The number of nitro groups is 1. The van der Waals surface area contributed by atoms with Crippen molar-refractivity contribution in [3.8, 4) is 5.75 Å². The third-order valence-electron chi connectivity index (χ3n) is 3.28. The summed E-state index contributed by atoms with van der Waals surface area (Å²) in [4.78, 5) is 10.1. The lowest BCUT2D eigenvalue weighted by atomic mass is 10.1. The zero-order chi connectivity index (χ0) is 17.2. The molecule has 0 atom stereocenters. The molecule has 0 saturated heterocycles. The summed E-state index contributed by atoms with van der Waals surface area (Å²) in [5.41, 5.74) is 1.78. The number of anilines is 1. The van der Waals surface area contributed by atoms with Crippen molar-refractivity contribution in [3.05, 3.63) is 57.6 Å². The van der Waals surface area contributed by atoms with E-state index in [0.717, 1.165) is 17.2 Å². The van der Waals surface area contributed by atoms with E-state index >= 15 is 0 Å². The minimum atomic E-state index is -3.94. The Hall–Kier alpha value is -2.61. The Kier molecular flexibility index (Phi) is 4.55. The summed E-state index contributed by atoms with van der Waals surface area (Å²) in [6, 6.07) is 8.77. The smallest absolute Gasteiger partial charge is 0.312 e. The maximum atomic E-state index is 12.4. The van der Waals surface area contributed by atoms with Crippen molar-refractivity contribution >= 4 is 21.4 Å². The fraction of sp³-hybridized carbons (Fsp3) is 0.200. The molecular formula is C15H16N2O5S. The fourth-order valence-corrected chi connectivity index (χ4v) is 3.26. The molecule has 0 unspecified atom stereocenters. The molecule has 0 radical (unpaired) electrons. The standard InChI is InChI=1S/C15H16N2O5S/c1-10-4-6-13(11(2)8-10)16-23(20,21)12-5-7-15(22-3)14(9-12)17(18)19/h4-9,16H,1-3H3. The molecule has 0 bridgehead atoms.